The first kappa shape index (κ1) is 42.7. The van der Waals surface area contributed by atoms with Crippen molar-refractivity contribution in [3.63, 3.8) is 0 Å². The molecule has 2 rings (SSSR count). The summed E-state index contributed by atoms with van der Waals surface area (Å²) in [6.45, 7) is 19.0. The van der Waals surface area contributed by atoms with E-state index in [2.05, 4.69) is 62.1 Å². The fourth-order valence-corrected chi connectivity index (χ4v) is 7.59. The standard InChI is InChI=1S/C34H54BN4O12/c1-9-25(40)46-11-13-48-29(44)38-23-15-31(3,4)19-33(7,17-23)21-36-27(42)50-35-51-28(43)37-22-34(8)18-24(16-32(5,6)20-34)39-30(45)49-14-12-47-26(41)10-2/h9-10,23-24H,1-2,11-22H2,3-8H3,(H,36,42)(H,37,43)(H,38,44)(H,39,45). The van der Waals surface area contributed by atoms with E-state index in [4.69, 9.17) is 28.3 Å². The molecule has 2 saturated carbocycles. The summed E-state index contributed by atoms with van der Waals surface area (Å²) in [5.74, 6) is -1.21. The van der Waals surface area contributed by atoms with E-state index < -0.39 is 47.1 Å². The molecule has 17 heteroatoms. The Bertz CT molecular complexity index is 1180. The van der Waals surface area contributed by atoms with Gasteiger partial charge in [0.15, 0.2) is 0 Å². The lowest BCUT2D eigenvalue weighted by molar-refractivity contribution is -0.139. The molecule has 2 fully saturated rings. The van der Waals surface area contributed by atoms with Crippen LogP contribution < -0.4 is 21.3 Å². The summed E-state index contributed by atoms with van der Waals surface area (Å²) in [5.41, 5.74) is -1.11. The molecule has 4 atom stereocenters. The number of nitrogens with one attached hydrogen (secondary N) is 4. The second-order valence-corrected chi connectivity index (χ2v) is 15.4. The van der Waals surface area contributed by atoms with Gasteiger partial charge in [-0.1, -0.05) is 54.7 Å². The maximum absolute atomic E-state index is 12.4. The molecule has 4 N–H and O–H groups in total. The number of carbonyl (C=O) groups is 6. The molecular weight excluding hydrogens is 667 g/mol. The average molecular weight is 722 g/mol. The van der Waals surface area contributed by atoms with E-state index in [0.29, 0.717) is 33.4 Å². The van der Waals surface area contributed by atoms with Crippen LogP contribution in [0.1, 0.15) is 80.1 Å². The summed E-state index contributed by atoms with van der Waals surface area (Å²) >= 11 is 0. The number of hydrogen-bond donors (Lipinski definition) is 4. The Morgan fingerprint density at radius 2 is 0.941 bits per heavy atom. The van der Waals surface area contributed by atoms with Gasteiger partial charge < -0.3 is 49.5 Å². The van der Waals surface area contributed by atoms with Crippen molar-refractivity contribution >= 4 is 44.0 Å². The molecule has 0 saturated heterocycles. The highest BCUT2D eigenvalue weighted by Crippen LogP contribution is 2.47. The summed E-state index contributed by atoms with van der Waals surface area (Å²) in [6, 6.07) is -0.453. The molecule has 16 nitrogen and oxygen atoms in total. The molecule has 0 heterocycles. The Morgan fingerprint density at radius 3 is 1.29 bits per heavy atom. The third-order valence-corrected chi connectivity index (χ3v) is 8.62. The average Bonchev–Trinajstić information content (AvgIpc) is 3.01. The van der Waals surface area contributed by atoms with Gasteiger partial charge in [0.25, 0.3) is 0 Å². The van der Waals surface area contributed by atoms with E-state index >= 15 is 0 Å². The lowest BCUT2D eigenvalue weighted by Gasteiger charge is -2.46. The molecule has 0 aromatic carbocycles. The van der Waals surface area contributed by atoms with Gasteiger partial charge in [0.05, 0.1) is 0 Å². The number of rotatable bonds is 16. The summed E-state index contributed by atoms with van der Waals surface area (Å²) < 4.78 is 29.7. The summed E-state index contributed by atoms with van der Waals surface area (Å²) in [6.07, 6.45) is 3.17. The van der Waals surface area contributed by atoms with Crippen LogP contribution in [0.25, 0.3) is 0 Å². The monoisotopic (exact) mass is 721 g/mol. The van der Waals surface area contributed by atoms with E-state index in [1.54, 1.807) is 0 Å². The molecule has 1 radical (unpaired) electrons. The quantitative estimate of drug-likeness (QED) is 0.0586. The van der Waals surface area contributed by atoms with E-state index in [0.717, 1.165) is 25.0 Å². The number of carbonyl (C=O) groups excluding carboxylic acids is 6. The van der Waals surface area contributed by atoms with Gasteiger partial charge in [0.1, 0.15) is 26.4 Å². The molecule has 285 valence electrons. The van der Waals surface area contributed by atoms with Gasteiger partial charge in [-0.3, -0.25) is 0 Å². The maximum Gasteiger partial charge on any atom is 0.664 e. The number of amides is 4. The van der Waals surface area contributed by atoms with Gasteiger partial charge in [0.2, 0.25) is 0 Å². The first-order chi connectivity index (χ1) is 23.8. The normalized spacial score (nSPS) is 24.6. The van der Waals surface area contributed by atoms with Crippen molar-refractivity contribution in [2.75, 3.05) is 39.5 Å². The smallest absolute Gasteiger partial charge is 0.483 e. The predicted molar refractivity (Wildman–Crippen MR) is 185 cm³/mol. The van der Waals surface area contributed by atoms with Gasteiger partial charge in [0, 0.05) is 37.3 Å². The van der Waals surface area contributed by atoms with Crippen molar-refractivity contribution in [1.82, 2.24) is 21.3 Å². The minimum absolute atomic E-state index is 0.0862. The highest BCUT2D eigenvalue weighted by Gasteiger charge is 2.43. The molecule has 0 bridgehead atoms. The van der Waals surface area contributed by atoms with Crippen LogP contribution in [0.2, 0.25) is 0 Å². The Morgan fingerprint density at radius 1 is 0.588 bits per heavy atom. The van der Waals surface area contributed by atoms with E-state index in [9.17, 15) is 28.8 Å². The summed E-state index contributed by atoms with van der Waals surface area (Å²) in [7, 11) is 0.657. The topological polar surface area (TPSA) is 206 Å². The predicted octanol–water partition coefficient (Wildman–Crippen LogP) is 4.05. The third kappa shape index (κ3) is 16.9. The Kier molecular flexibility index (Phi) is 16.1. The van der Waals surface area contributed by atoms with Crippen LogP contribution in [0.15, 0.2) is 25.3 Å². The van der Waals surface area contributed by atoms with Crippen LogP contribution in [-0.2, 0) is 37.8 Å². The first-order valence-electron chi connectivity index (χ1n) is 16.9. The fourth-order valence-electron chi connectivity index (χ4n) is 7.59. The molecule has 0 aliphatic heterocycles. The Labute approximate surface area is 300 Å². The largest absolute Gasteiger partial charge is 0.664 e. The van der Waals surface area contributed by atoms with Crippen molar-refractivity contribution in [2.24, 2.45) is 21.7 Å². The minimum atomic E-state index is -0.814. The first-order valence-corrected chi connectivity index (χ1v) is 16.9. The second kappa shape index (κ2) is 19.2. The van der Waals surface area contributed by atoms with Crippen LogP contribution in [0, 0.1) is 21.7 Å². The van der Waals surface area contributed by atoms with Crippen molar-refractivity contribution < 1.29 is 57.0 Å². The van der Waals surface area contributed by atoms with E-state index in [1.807, 2.05) is 13.8 Å². The zero-order valence-electron chi connectivity index (χ0n) is 30.7. The van der Waals surface area contributed by atoms with Gasteiger partial charge in [-0.15, -0.1) is 0 Å². The van der Waals surface area contributed by atoms with Crippen LogP contribution in [0.4, 0.5) is 19.2 Å². The van der Waals surface area contributed by atoms with Crippen LogP contribution in [-0.4, -0.2) is 95.6 Å². The van der Waals surface area contributed by atoms with Crippen molar-refractivity contribution in [1.29, 1.82) is 0 Å². The van der Waals surface area contributed by atoms with Crippen LogP contribution in [0.3, 0.4) is 0 Å². The SMILES string of the molecule is C=CC(=O)OCCOC(=O)NC1CC(C)(C)CC(C)(CNC(=O)O[B]OC(=O)NCC2(C)CC(NC(=O)OCCOC(=O)C=C)CC(C)(C)C2)C1. The molecule has 0 aromatic heterocycles. The number of hydrogen-bond acceptors (Lipinski definition) is 12. The third-order valence-electron chi connectivity index (χ3n) is 8.62. The highest BCUT2D eigenvalue weighted by molar-refractivity contribution is 6.25. The van der Waals surface area contributed by atoms with E-state index in [-0.39, 0.29) is 62.4 Å². The second-order valence-electron chi connectivity index (χ2n) is 15.4. The molecule has 0 aromatic rings. The van der Waals surface area contributed by atoms with Gasteiger partial charge in [-0.25, -0.2) is 28.8 Å². The molecule has 0 spiro atoms. The molecule has 51 heavy (non-hydrogen) atoms. The zero-order valence-corrected chi connectivity index (χ0v) is 30.7. The van der Waals surface area contributed by atoms with Crippen molar-refractivity contribution in [2.45, 2.75) is 92.2 Å². The Hall–Kier alpha value is -4.44. The lowest BCUT2D eigenvalue weighted by Crippen LogP contribution is -2.51. The maximum atomic E-state index is 12.4. The fraction of sp³-hybridized carbons (Fsp3) is 0.706. The number of ether oxygens (including phenoxy) is 4. The minimum Gasteiger partial charge on any atom is -0.483 e. The number of esters is 2. The molecule has 2 aliphatic rings. The molecule has 2 aliphatic carbocycles. The highest BCUT2D eigenvalue weighted by atomic mass is 16.6. The van der Waals surface area contributed by atoms with Gasteiger partial charge in [-0.05, 0) is 60.2 Å². The number of alkyl carbamates (subject to hydrolysis) is 2. The lowest BCUT2D eigenvalue weighted by atomic mass is 9.62. The van der Waals surface area contributed by atoms with Crippen LogP contribution >= 0.6 is 0 Å². The van der Waals surface area contributed by atoms with Gasteiger partial charge in [-0.2, -0.15) is 0 Å². The van der Waals surface area contributed by atoms with E-state index in [1.165, 1.54) is 0 Å². The molecule has 4 unspecified atom stereocenters. The zero-order chi connectivity index (χ0) is 38.3. The van der Waals surface area contributed by atoms with Crippen LogP contribution in [0.5, 0.6) is 0 Å². The summed E-state index contributed by atoms with van der Waals surface area (Å²) in [5, 5.41) is 11.1. The Balaban J connectivity index is 1.74. The molecular formula is C34H54BN4O12. The van der Waals surface area contributed by atoms with Crippen molar-refractivity contribution in [3.05, 3.63) is 25.3 Å². The van der Waals surface area contributed by atoms with Gasteiger partial charge >= 0.3 is 44.0 Å². The summed E-state index contributed by atoms with van der Waals surface area (Å²) in [4.78, 5) is 71.8. The van der Waals surface area contributed by atoms with Crippen molar-refractivity contribution in [3.8, 4) is 0 Å². The molecule has 4 amide bonds.